The average Bonchev–Trinajstić information content (AvgIpc) is 2.32. The Morgan fingerprint density at radius 1 is 1.33 bits per heavy atom. The third-order valence-corrected chi connectivity index (χ3v) is 2.88. The van der Waals surface area contributed by atoms with Crippen LogP contribution >= 0.6 is 0 Å². The summed E-state index contributed by atoms with van der Waals surface area (Å²) in [6, 6.07) is 2.35. The van der Waals surface area contributed by atoms with Crippen LogP contribution in [-0.2, 0) is 10.4 Å². The minimum Gasteiger partial charge on any atom is -0.381 e. The Morgan fingerprint density at radius 3 is 2.56 bits per heavy atom. The summed E-state index contributed by atoms with van der Waals surface area (Å²) in [6.45, 7) is 1.32. The molecule has 5 heteroatoms. The van der Waals surface area contributed by atoms with Gasteiger partial charge in [0.05, 0.1) is 12.2 Å². The first kappa shape index (κ1) is 15.0. The van der Waals surface area contributed by atoms with E-state index < -0.39 is 29.5 Å². The van der Waals surface area contributed by atoms with Crippen molar-refractivity contribution in [2.24, 2.45) is 5.73 Å². The van der Waals surface area contributed by atoms with Gasteiger partial charge >= 0.3 is 0 Å². The van der Waals surface area contributed by atoms with Crippen LogP contribution in [0.5, 0.6) is 0 Å². The number of halogens is 3. The van der Waals surface area contributed by atoms with E-state index >= 15 is 0 Å². The zero-order valence-electron chi connectivity index (χ0n) is 10.6. The van der Waals surface area contributed by atoms with Crippen molar-refractivity contribution in [1.29, 1.82) is 0 Å². The number of methoxy groups -OCH3 is 1. The number of hydrogen-bond donors (Lipinski definition) is 1. The molecule has 1 rings (SSSR count). The molecule has 18 heavy (non-hydrogen) atoms. The molecule has 0 saturated carbocycles. The molecule has 0 bridgehead atoms. The second-order valence-electron chi connectivity index (χ2n) is 4.34. The number of aryl methyl sites for hydroxylation is 1. The molecule has 0 amide bonds. The molecule has 0 saturated heterocycles. The molecule has 1 unspecified atom stereocenters. The van der Waals surface area contributed by atoms with Gasteiger partial charge in [0.25, 0.3) is 0 Å². The molecule has 2 nitrogen and oxygen atoms in total. The second kappa shape index (κ2) is 6.20. The van der Waals surface area contributed by atoms with Crippen molar-refractivity contribution < 1.29 is 17.9 Å². The van der Waals surface area contributed by atoms with Crippen LogP contribution in [0.1, 0.15) is 24.0 Å². The molecule has 102 valence electrons. The maximum absolute atomic E-state index is 14.8. The van der Waals surface area contributed by atoms with E-state index in [0.29, 0.717) is 6.42 Å². The van der Waals surface area contributed by atoms with Crippen LogP contribution in [0.4, 0.5) is 13.2 Å². The Labute approximate surface area is 105 Å². The average molecular weight is 261 g/mol. The summed E-state index contributed by atoms with van der Waals surface area (Å²) in [5.74, 6) is -1.75. The third kappa shape index (κ3) is 3.03. The van der Waals surface area contributed by atoms with Crippen molar-refractivity contribution in [2.45, 2.75) is 25.4 Å². The molecular formula is C13H18F3NO. The summed E-state index contributed by atoms with van der Waals surface area (Å²) in [6.07, 6.45) is 0.251. The highest BCUT2D eigenvalue weighted by molar-refractivity contribution is 5.31. The predicted molar refractivity (Wildman–Crippen MR) is 64.0 cm³/mol. The van der Waals surface area contributed by atoms with Gasteiger partial charge in [0.1, 0.15) is 11.6 Å². The monoisotopic (exact) mass is 261 g/mol. The van der Waals surface area contributed by atoms with Crippen molar-refractivity contribution in [3.05, 3.63) is 34.9 Å². The fraction of sp³-hybridized carbons (Fsp3) is 0.538. The van der Waals surface area contributed by atoms with E-state index in [1.807, 2.05) is 0 Å². The van der Waals surface area contributed by atoms with Gasteiger partial charge in [0, 0.05) is 7.11 Å². The SMILES string of the molecule is COCC(F)(CCCN)c1c(F)ccc(C)c1F. The van der Waals surface area contributed by atoms with Crippen LogP contribution < -0.4 is 5.73 Å². The molecule has 2 N–H and O–H groups in total. The number of benzene rings is 1. The van der Waals surface area contributed by atoms with E-state index in [1.165, 1.54) is 20.1 Å². The Kier molecular flexibility index (Phi) is 5.16. The summed E-state index contributed by atoms with van der Waals surface area (Å²) < 4.78 is 47.2. The predicted octanol–water partition coefficient (Wildman–Crippen LogP) is 2.82. The van der Waals surface area contributed by atoms with E-state index in [-0.39, 0.29) is 18.5 Å². The summed E-state index contributed by atoms with van der Waals surface area (Å²) in [5, 5.41) is 0. The molecule has 0 aromatic heterocycles. The lowest BCUT2D eigenvalue weighted by molar-refractivity contribution is 0.0248. The quantitative estimate of drug-likeness (QED) is 0.854. The van der Waals surface area contributed by atoms with Gasteiger partial charge in [-0.05, 0) is 37.9 Å². The second-order valence-corrected chi connectivity index (χ2v) is 4.34. The Balaban J connectivity index is 3.24. The highest BCUT2D eigenvalue weighted by Gasteiger charge is 2.37. The minimum atomic E-state index is -2.19. The lowest BCUT2D eigenvalue weighted by Gasteiger charge is -2.26. The zero-order valence-corrected chi connectivity index (χ0v) is 10.6. The van der Waals surface area contributed by atoms with Crippen molar-refractivity contribution in [3.63, 3.8) is 0 Å². The molecule has 0 aliphatic carbocycles. The standard InChI is InChI=1S/C13H18F3NO/c1-9-4-5-10(14)11(12(9)15)13(16,8-18-2)6-3-7-17/h4-5H,3,6-8,17H2,1-2H3. The van der Waals surface area contributed by atoms with Gasteiger partial charge in [-0.25, -0.2) is 13.2 Å². The van der Waals surface area contributed by atoms with Crippen LogP contribution in [-0.4, -0.2) is 20.3 Å². The fourth-order valence-corrected chi connectivity index (χ4v) is 1.95. The highest BCUT2D eigenvalue weighted by Crippen LogP contribution is 2.36. The van der Waals surface area contributed by atoms with Gasteiger partial charge in [-0.3, -0.25) is 0 Å². The van der Waals surface area contributed by atoms with E-state index in [1.54, 1.807) is 0 Å². The van der Waals surface area contributed by atoms with E-state index in [4.69, 9.17) is 10.5 Å². The van der Waals surface area contributed by atoms with Gasteiger partial charge in [-0.1, -0.05) is 6.07 Å². The lowest BCUT2D eigenvalue weighted by atomic mass is 9.89. The number of ether oxygens (including phenoxy) is 1. The van der Waals surface area contributed by atoms with Crippen LogP contribution in [0.3, 0.4) is 0 Å². The van der Waals surface area contributed by atoms with Crippen molar-refractivity contribution >= 4 is 0 Å². The Hall–Kier alpha value is -1.07. The van der Waals surface area contributed by atoms with Crippen LogP contribution in [0.15, 0.2) is 12.1 Å². The number of alkyl halides is 1. The third-order valence-electron chi connectivity index (χ3n) is 2.88. The molecule has 0 fully saturated rings. The largest absolute Gasteiger partial charge is 0.381 e. The zero-order chi connectivity index (χ0) is 13.8. The number of nitrogens with two attached hydrogens (primary N) is 1. The lowest BCUT2D eigenvalue weighted by Crippen LogP contribution is -2.30. The summed E-state index contributed by atoms with van der Waals surface area (Å²) in [5.41, 5.74) is 2.78. The van der Waals surface area contributed by atoms with Gasteiger partial charge in [0.15, 0.2) is 5.67 Å². The van der Waals surface area contributed by atoms with Gasteiger partial charge in [0.2, 0.25) is 0 Å². The minimum absolute atomic E-state index is 0.0748. The molecule has 1 atom stereocenters. The van der Waals surface area contributed by atoms with Crippen molar-refractivity contribution in [1.82, 2.24) is 0 Å². The van der Waals surface area contributed by atoms with Crippen molar-refractivity contribution in [3.8, 4) is 0 Å². The summed E-state index contributed by atoms with van der Waals surface area (Å²) in [4.78, 5) is 0. The molecule has 1 aromatic carbocycles. The van der Waals surface area contributed by atoms with Gasteiger partial charge in [-0.2, -0.15) is 0 Å². The maximum Gasteiger partial charge on any atom is 0.164 e. The summed E-state index contributed by atoms with van der Waals surface area (Å²) in [7, 11) is 1.29. The first-order chi connectivity index (χ1) is 8.46. The van der Waals surface area contributed by atoms with Crippen LogP contribution in [0.2, 0.25) is 0 Å². The normalized spacial score (nSPS) is 14.6. The molecule has 0 spiro atoms. The smallest absolute Gasteiger partial charge is 0.164 e. The molecule has 0 heterocycles. The fourth-order valence-electron chi connectivity index (χ4n) is 1.95. The molecule has 0 aliphatic heterocycles. The first-order valence-electron chi connectivity index (χ1n) is 5.79. The Bertz CT molecular complexity index is 411. The molecule has 0 radical (unpaired) electrons. The number of rotatable bonds is 6. The molecule has 1 aromatic rings. The summed E-state index contributed by atoms with van der Waals surface area (Å²) >= 11 is 0. The van der Waals surface area contributed by atoms with Gasteiger partial charge in [-0.15, -0.1) is 0 Å². The molecule has 0 aliphatic rings. The number of hydrogen-bond acceptors (Lipinski definition) is 2. The van der Waals surface area contributed by atoms with Crippen molar-refractivity contribution in [2.75, 3.05) is 20.3 Å². The van der Waals surface area contributed by atoms with Crippen LogP contribution in [0.25, 0.3) is 0 Å². The van der Waals surface area contributed by atoms with Gasteiger partial charge < -0.3 is 10.5 Å². The van der Waals surface area contributed by atoms with E-state index in [2.05, 4.69) is 0 Å². The topological polar surface area (TPSA) is 35.2 Å². The highest BCUT2D eigenvalue weighted by atomic mass is 19.2. The first-order valence-corrected chi connectivity index (χ1v) is 5.79. The maximum atomic E-state index is 14.8. The molecular weight excluding hydrogens is 243 g/mol. The van der Waals surface area contributed by atoms with E-state index in [9.17, 15) is 13.2 Å². The van der Waals surface area contributed by atoms with Crippen LogP contribution in [0, 0.1) is 18.6 Å². The van der Waals surface area contributed by atoms with E-state index in [0.717, 1.165) is 6.07 Å². The Morgan fingerprint density at radius 2 is 2.00 bits per heavy atom.